The van der Waals surface area contributed by atoms with Crippen LogP contribution >= 0.6 is 0 Å². The summed E-state index contributed by atoms with van der Waals surface area (Å²) in [6.45, 7) is 7.49. The van der Waals surface area contributed by atoms with E-state index in [1.807, 2.05) is 26.0 Å². The summed E-state index contributed by atoms with van der Waals surface area (Å²) in [7, 11) is 1.57. The van der Waals surface area contributed by atoms with Crippen LogP contribution in [0.3, 0.4) is 0 Å². The highest BCUT2D eigenvalue weighted by molar-refractivity contribution is 5.98. The van der Waals surface area contributed by atoms with Gasteiger partial charge in [0.05, 0.1) is 25.7 Å². The fourth-order valence-corrected chi connectivity index (χ4v) is 3.12. The number of nitrogens with one attached hydrogen (secondary N) is 1. The van der Waals surface area contributed by atoms with Gasteiger partial charge in [0.2, 0.25) is 5.91 Å². The fraction of sp³-hybridized carbons (Fsp3) is 0.400. The van der Waals surface area contributed by atoms with Crippen molar-refractivity contribution in [1.29, 1.82) is 0 Å². The maximum Gasteiger partial charge on any atom is 0.308 e. The third kappa shape index (κ3) is 7.55. The highest BCUT2D eigenvalue weighted by Crippen LogP contribution is 2.22. The summed E-state index contributed by atoms with van der Waals surface area (Å²) in [6, 6.07) is 12.1. The summed E-state index contributed by atoms with van der Waals surface area (Å²) in [5.41, 5.74) is 3.52. The van der Waals surface area contributed by atoms with Gasteiger partial charge in [-0.3, -0.25) is 14.4 Å². The second-order valence-corrected chi connectivity index (χ2v) is 7.86. The van der Waals surface area contributed by atoms with E-state index >= 15 is 0 Å². The lowest BCUT2D eigenvalue weighted by Crippen LogP contribution is -2.31. The topological polar surface area (TPSA) is 81.7 Å². The molecule has 6 heteroatoms. The van der Waals surface area contributed by atoms with E-state index in [0.29, 0.717) is 11.3 Å². The average Bonchev–Trinajstić information content (AvgIpc) is 2.73. The van der Waals surface area contributed by atoms with Crippen LogP contribution in [0.1, 0.15) is 66.2 Å². The number of benzene rings is 2. The SMILES string of the molecule is COc1ccc([C@H](CC(=O)OC(C)C)NC(=O)CCC(=O)c2ccc(C)c(C)c2)cc1. The number of amides is 1. The smallest absolute Gasteiger partial charge is 0.308 e. The van der Waals surface area contributed by atoms with Crippen molar-refractivity contribution in [3.05, 3.63) is 64.7 Å². The van der Waals surface area contributed by atoms with Crippen LogP contribution in [-0.4, -0.2) is 30.9 Å². The molecule has 1 atom stereocenters. The highest BCUT2D eigenvalue weighted by atomic mass is 16.5. The van der Waals surface area contributed by atoms with Gasteiger partial charge < -0.3 is 14.8 Å². The summed E-state index contributed by atoms with van der Waals surface area (Å²) in [5.74, 6) is -0.103. The number of carbonyl (C=O) groups is 3. The first-order valence-corrected chi connectivity index (χ1v) is 10.4. The molecular weight excluding hydrogens is 394 g/mol. The maximum atomic E-state index is 12.6. The molecule has 1 amide bonds. The Hall–Kier alpha value is -3.15. The van der Waals surface area contributed by atoms with Crippen molar-refractivity contribution in [3.8, 4) is 5.75 Å². The molecule has 0 saturated heterocycles. The Morgan fingerprint density at radius 1 is 0.935 bits per heavy atom. The monoisotopic (exact) mass is 425 g/mol. The van der Waals surface area contributed by atoms with E-state index in [1.54, 1.807) is 51.3 Å². The number of Topliss-reactive ketones (excluding diaryl/α,β-unsaturated/α-hetero) is 1. The first kappa shape index (κ1) is 24.1. The Labute approximate surface area is 183 Å². The molecule has 0 radical (unpaired) electrons. The number of rotatable bonds is 10. The van der Waals surface area contributed by atoms with Crippen molar-refractivity contribution in [2.24, 2.45) is 0 Å². The number of hydrogen-bond acceptors (Lipinski definition) is 5. The third-order valence-electron chi connectivity index (χ3n) is 5.00. The standard InChI is InChI=1S/C25H31NO5/c1-16(2)31-25(29)15-22(19-8-10-21(30-5)11-9-19)26-24(28)13-12-23(27)20-7-6-17(3)18(4)14-20/h6-11,14,16,22H,12-13,15H2,1-5H3,(H,26,28)/t22-/m0/s1. The molecule has 0 aromatic heterocycles. The van der Waals surface area contributed by atoms with Crippen molar-refractivity contribution in [1.82, 2.24) is 5.32 Å². The lowest BCUT2D eigenvalue weighted by Gasteiger charge is -2.20. The van der Waals surface area contributed by atoms with Crippen molar-refractivity contribution in [2.45, 2.75) is 59.1 Å². The molecule has 2 aromatic carbocycles. The van der Waals surface area contributed by atoms with Crippen LogP contribution in [0.5, 0.6) is 5.75 Å². The molecule has 0 heterocycles. The molecule has 0 unspecified atom stereocenters. The van der Waals surface area contributed by atoms with Gasteiger partial charge in [-0.2, -0.15) is 0 Å². The Morgan fingerprint density at radius 3 is 2.19 bits per heavy atom. The fourth-order valence-electron chi connectivity index (χ4n) is 3.12. The number of ether oxygens (including phenoxy) is 2. The van der Waals surface area contributed by atoms with Gasteiger partial charge in [0.25, 0.3) is 0 Å². The van der Waals surface area contributed by atoms with Gasteiger partial charge in [-0.1, -0.05) is 24.3 Å². The molecule has 1 N–H and O–H groups in total. The molecule has 2 rings (SSSR count). The van der Waals surface area contributed by atoms with Gasteiger partial charge >= 0.3 is 5.97 Å². The molecule has 0 aliphatic rings. The Bertz CT molecular complexity index is 918. The van der Waals surface area contributed by atoms with Crippen molar-refractivity contribution >= 4 is 17.7 Å². The predicted octanol–water partition coefficient (Wildman–Crippen LogP) is 4.47. The molecule has 0 aliphatic heterocycles. The van der Waals surface area contributed by atoms with Gasteiger partial charge in [0.1, 0.15) is 5.75 Å². The molecule has 0 spiro atoms. The van der Waals surface area contributed by atoms with Crippen LogP contribution in [0.2, 0.25) is 0 Å². The zero-order chi connectivity index (χ0) is 23.0. The molecule has 6 nitrogen and oxygen atoms in total. The molecule has 0 aliphatic carbocycles. The Balaban J connectivity index is 2.03. The van der Waals surface area contributed by atoms with Crippen LogP contribution in [0.25, 0.3) is 0 Å². The predicted molar refractivity (Wildman–Crippen MR) is 119 cm³/mol. The van der Waals surface area contributed by atoms with Crippen LogP contribution in [0.15, 0.2) is 42.5 Å². The largest absolute Gasteiger partial charge is 0.497 e. The molecule has 2 aromatic rings. The van der Waals surface area contributed by atoms with E-state index in [9.17, 15) is 14.4 Å². The van der Waals surface area contributed by atoms with Crippen LogP contribution in [0, 0.1) is 13.8 Å². The summed E-state index contributed by atoms with van der Waals surface area (Å²) in [4.78, 5) is 37.2. The normalized spacial score (nSPS) is 11.7. The highest BCUT2D eigenvalue weighted by Gasteiger charge is 2.21. The van der Waals surface area contributed by atoms with E-state index in [1.165, 1.54) is 0 Å². The van der Waals surface area contributed by atoms with Crippen LogP contribution in [0.4, 0.5) is 0 Å². The van der Waals surface area contributed by atoms with Crippen LogP contribution in [-0.2, 0) is 14.3 Å². The van der Waals surface area contributed by atoms with E-state index in [4.69, 9.17) is 9.47 Å². The average molecular weight is 426 g/mol. The minimum absolute atomic E-state index is 0.00134. The van der Waals surface area contributed by atoms with Gasteiger partial charge in [0.15, 0.2) is 5.78 Å². The van der Waals surface area contributed by atoms with Crippen molar-refractivity contribution in [3.63, 3.8) is 0 Å². The maximum absolute atomic E-state index is 12.6. The summed E-state index contributed by atoms with van der Waals surface area (Å²) >= 11 is 0. The minimum Gasteiger partial charge on any atom is -0.497 e. The zero-order valence-corrected chi connectivity index (χ0v) is 18.9. The molecule has 31 heavy (non-hydrogen) atoms. The molecule has 0 fully saturated rings. The van der Waals surface area contributed by atoms with Gasteiger partial charge in [-0.15, -0.1) is 0 Å². The summed E-state index contributed by atoms with van der Waals surface area (Å²) in [6.07, 6.45) is -0.102. The van der Waals surface area contributed by atoms with E-state index in [2.05, 4.69) is 5.32 Å². The molecule has 0 saturated carbocycles. The molecule has 166 valence electrons. The molecule has 0 bridgehead atoms. The number of carbonyl (C=O) groups excluding carboxylic acids is 3. The number of methoxy groups -OCH3 is 1. The lowest BCUT2D eigenvalue weighted by molar-refractivity contribution is -0.148. The number of aryl methyl sites for hydroxylation is 2. The first-order chi connectivity index (χ1) is 14.7. The van der Waals surface area contributed by atoms with Gasteiger partial charge in [-0.25, -0.2) is 0 Å². The van der Waals surface area contributed by atoms with Crippen molar-refractivity contribution < 1.29 is 23.9 Å². The van der Waals surface area contributed by atoms with Gasteiger partial charge in [0, 0.05) is 18.4 Å². The Kier molecular flexibility index (Phi) is 8.79. The molecular formula is C25H31NO5. The number of ketones is 1. The minimum atomic E-state index is -0.554. The Morgan fingerprint density at radius 2 is 1.61 bits per heavy atom. The zero-order valence-electron chi connectivity index (χ0n) is 18.9. The van der Waals surface area contributed by atoms with E-state index in [0.717, 1.165) is 16.7 Å². The van der Waals surface area contributed by atoms with E-state index < -0.39 is 12.0 Å². The summed E-state index contributed by atoms with van der Waals surface area (Å²) in [5, 5.41) is 2.87. The second kappa shape index (κ2) is 11.3. The third-order valence-corrected chi connectivity index (χ3v) is 5.00. The van der Waals surface area contributed by atoms with Gasteiger partial charge in [-0.05, 0) is 62.6 Å². The number of hydrogen-bond donors (Lipinski definition) is 1. The van der Waals surface area contributed by atoms with Crippen LogP contribution < -0.4 is 10.1 Å². The van der Waals surface area contributed by atoms with Crippen molar-refractivity contribution in [2.75, 3.05) is 7.11 Å². The quantitative estimate of drug-likeness (QED) is 0.448. The lowest BCUT2D eigenvalue weighted by atomic mass is 10.0. The number of esters is 1. The van der Waals surface area contributed by atoms with E-state index in [-0.39, 0.29) is 37.1 Å². The summed E-state index contributed by atoms with van der Waals surface area (Å²) < 4.78 is 10.4. The second-order valence-electron chi connectivity index (χ2n) is 7.86. The first-order valence-electron chi connectivity index (χ1n) is 10.4.